The zero-order chi connectivity index (χ0) is 20.7. The number of nitrogens with zero attached hydrogens (tertiary/aromatic N) is 2. The van der Waals surface area contributed by atoms with Gasteiger partial charge in [0.05, 0.1) is 27.7 Å². The normalized spacial score (nSPS) is 16.5. The number of aromatic hydroxyl groups is 1. The standard InChI is InChI=1S/C22H18N4O3S/c27-22-21(20-9-7-14-4-1-2-6-18(14)24-20)17-12-16(8-10-19(17)25-22)30(28,29)26-15-5-3-11-23-13-15/h1-4,6-13,15,25-27H,5H2. The molecule has 0 bridgehead atoms. The van der Waals surface area contributed by atoms with E-state index < -0.39 is 16.1 Å². The molecule has 2 aromatic heterocycles. The lowest BCUT2D eigenvalue weighted by atomic mass is 10.1. The number of nitrogens with one attached hydrogen (secondary N) is 2. The molecule has 1 atom stereocenters. The van der Waals surface area contributed by atoms with E-state index in [2.05, 4.69) is 19.7 Å². The van der Waals surface area contributed by atoms with Crippen molar-refractivity contribution in [3.63, 3.8) is 0 Å². The van der Waals surface area contributed by atoms with Crippen molar-refractivity contribution < 1.29 is 13.5 Å². The number of pyridine rings is 1. The number of H-pyrrole nitrogens is 1. The third-order valence-corrected chi connectivity index (χ3v) is 6.56. The molecular formula is C22H18N4O3S. The molecule has 0 saturated carbocycles. The summed E-state index contributed by atoms with van der Waals surface area (Å²) in [5.74, 6) is -0.0557. The van der Waals surface area contributed by atoms with Crippen molar-refractivity contribution in [1.29, 1.82) is 0 Å². The summed E-state index contributed by atoms with van der Waals surface area (Å²) in [6.45, 7) is 0. The van der Waals surface area contributed by atoms with Gasteiger partial charge in [-0.15, -0.1) is 0 Å². The molecule has 0 radical (unpaired) electrons. The Morgan fingerprint density at radius 1 is 1.10 bits per heavy atom. The van der Waals surface area contributed by atoms with Gasteiger partial charge < -0.3 is 10.1 Å². The highest BCUT2D eigenvalue weighted by molar-refractivity contribution is 7.89. The van der Waals surface area contributed by atoms with Crippen LogP contribution in [0.15, 0.2) is 76.8 Å². The monoisotopic (exact) mass is 418 g/mol. The van der Waals surface area contributed by atoms with E-state index in [0.717, 1.165) is 10.9 Å². The predicted molar refractivity (Wildman–Crippen MR) is 117 cm³/mol. The van der Waals surface area contributed by atoms with Crippen LogP contribution in [0.4, 0.5) is 0 Å². The van der Waals surface area contributed by atoms with Crippen LogP contribution in [0.3, 0.4) is 0 Å². The smallest absolute Gasteiger partial charge is 0.241 e. The first kappa shape index (κ1) is 18.5. The maximum atomic E-state index is 12.9. The summed E-state index contributed by atoms with van der Waals surface area (Å²) in [7, 11) is -3.77. The molecule has 4 aromatic rings. The highest BCUT2D eigenvalue weighted by Crippen LogP contribution is 2.37. The lowest BCUT2D eigenvalue weighted by Crippen LogP contribution is -2.36. The van der Waals surface area contributed by atoms with Gasteiger partial charge >= 0.3 is 0 Å². The van der Waals surface area contributed by atoms with Crippen LogP contribution in [0.1, 0.15) is 6.42 Å². The highest BCUT2D eigenvalue weighted by atomic mass is 32.2. The number of hydrogen-bond acceptors (Lipinski definition) is 5. The van der Waals surface area contributed by atoms with Crippen molar-refractivity contribution in [2.24, 2.45) is 4.99 Å². The molecule has 0 saturated heterocycles. The maximum absolute atomic E-state index is 12.9. The summed E-state index contributed by atoms with van der Waals surface area (Å²) in [5.41, 5.74) is 2.44. The van der Waals surface area contributed by atoms with Crippen LogP contribution >= 0.6 is 0 Å². The van der Waals surface area contributed by atoms with Gasteiger partial charge in [-0.05, 0) is 36.8 Å². The average molecular weight is 418 g/mol. The van der Waals surface area contributed by atoms with Crippen molar-refractivity contribution in [1.82, 2.24) is 14.7 Å². The summed E-state index contributed by atoms with van der Waals surface area (Å²) < 4.78 is 28.4. The molecular weight excluding hydrogens is 400 g/mol. The first-order chi connectivity index (χ1) is 14.5. The SMILES string of the molecule is O=S(=O)(NC1C=NC=CC1)c1ccc2[nH]c(O)c(-c3ccc4ccccc4n3)c2c1. The van der Waals surface area contributed by atoms with E-state index in [1.165, 1.54) is 6.07 Å². The summed E-state index contributed by atoms with van der Waals surface area (Å²) in [4.78, 5) is 11.6. The van der Waals surface area contributed by atoms with Crippen LogP contribution < -0.4 is 4.72 Å². The van der Waals surface area contributed by atoms with Gasteiger partial charge in [0.25, 0.3) is 0 Å². The molecule has 1 unspecified atom stereocenters. The Hall–Kier alpha value is -3.49. The first-order valence-corrected chi connectivity index (χ1v) is 10.9. The van der Waals surface area contributed by atoms with Crippen LogP contribution in [-0.2, 0) is 10.0 Å². The number of aromatic nitrogens is 2. The Morgan fingerprint density at radius 2 is 1.97 bits per heavy atom. The fourth-order valence-electron chi connectivity index (χ4n) is 3.62. The molecule has 0 amide bonds. The van der Waals surface area contributed by atoms with Gasteiger partial charge in [0, 0.05) is 28.7 Å². The molecule has 3 heterocycles. The molecule has 0 spiro atoms. The van der Waals surface area contributed by atoms with E-state index in [-0.39, 0.29) is 10.8 Å². The summed E-state index contributed by atoms with van der Waals surface area (Å²) in [5, 5.41) is 12.1. The highest BCUT2D eigenvalue weighted by Gasteiger charge is 2.22. The third-order valence-electron chi connectivity index (χ3n) is 5.07. The van der Waals surface area contributed by atoms with Gasteiger partial charge in [-0.3, -0.25) is 4.99 Å². The Bertz CT molecular complexity index is 1440. The molecule has 5 rings (SSSR count). The van der Waals surface area contributed by atoms with Crippen LogP contribution in [0.2, 0.25) is 0 Å². The Kier molecular flexibility index (Phi) is 4.38. The second-order valence-electron chi connectivity index (χ2n) is 7.09. The van der Waals surface area contributed by atoms with Crippen LogP contribution in [-0.4, -0.2) is 35.7 Å². The zero-order valence-corrected chi connectivity index (χ0v) is 16.6. The van der Waals surface area contributed by atoms with Gasteiger partial charge in [0.2, 0.25) is 10.0 Å². The molecule has 150 valence electrons. The molecule has 7 nitrogen and oxygen atoms in total. The van der Waals surface area contributed by atoms with E-state index in [9.17, 15) is 13.5 Å². The molecule has 30 heavy (non-hydrogen) atoms. The van der Waals surface area contributed by atoms with Crippen molar-refractivity contribution in [3.05, 3.63) is 66.9 Å². The Labute approximate surface area is 172 Å². The number of para-hydroxylation sites is 1. The molecule has 3 N–H and O–H groups in total. The number of aliphatic imine (C=N–C) groups is 1. The van der Waals surface area contributed by atoms with E-state index in [1.807, 2.05) is 42.5 Å². The predicted octanol–water partition coefficient (Wildman–Crippen LogP) is 3.72. The fourth-order valence-corrected chi connectivity index (χ4v) is 4.83. The number of rotatable bonds is 4. The quantitative estimate of drug-likeness (QED) is 0.469. The minimum Gasteiger partial charge on any atom is -0.494 e. The fraction of sp³-hybridized carbons (Fsp3) is 0.0909. The summed E-state index contributed by atoms with van der Waals surface area (Å²) >= 11 is 0. The van der Waals surface area contributed by atoms with Crippen LogP contribution in [0.5, 0.6) is 5.88 Å². The first-order valence-electron chi connectivity index (χ1n) is 9.43. The van der Waals surface area contributed by atoms with Gasteiger partial charge in [0.1, 0.15) is 0 Å². The van der Waals surface area contributed by atoms with Gasteiger partial charge in [-0.2, -0.15) is 0 Å². The van der Waals surface area contributed by atoms with Gasteiger partial charge in [-0.25, -0.2) is 18.1 Å². The van der Waals surface area contributed by atoms with E-state index in [4.69, 9.17) is 0 Å². The van der Waals surface area contributed by atoms with Crippen LogP contribution in [0, 0.1) is 0 Å². The van der Waals surface area contributed by atoms with Crippen molar-refractivity contribution in [2.45, 2.75) is 17.4 Å². The van der Waals surface area contributed by atoms with E-state index in [1.54, 1.807) is 24.5 Å². The molecule has 0 fully saturated rings. The second-order valence-corrected chi connectivity index (χ2v) is 8.81. The van der Waals surface area contributed by atoms with Gasteiger partial charge in [-0.1, -0.05) is 30.3 Å². The molecule has 0 aliphatic carbocycles. The lowest BCUT2D eigenvalue weighted by molar-refractivity contribution is 0.460. The molecule has 2 aromatic carbocycles. The number of hydrogen-bond donors (Lipinski definition) is 3. The van der Waals surface area contributed by atoms with E-state index >= 15 is 0 Å². The Balaban J connectivity index is 1.60. The number of benzene rings is 2. The zero-order valence-electron chi connectivity index (χ0n) is 15.8. The van der Waals surface area contributed by atoms with Crippen molar-refractivity contribution in [3.8, 4) is 17.1 Å². The average Bonchev–Trinajstić information content (AvgIpc) is 3.08. The summed E-state index contributed by atoms with van der Waals surface area (Å²) in [6, 6.07) is 15.7. The topological polar surface area (TPSA) is 107 Å². The Morgan fingerprint density at radius 3 is 2.80 bits per heavy atom. The van der Waals surface area contributed by atoms with Crippen LogP contribution in [0.25, 0.3) is 33.1 Å². The van der Waals surface area contributed by atoms with Crippen molar-refractivity contribution >= 4 is 38.0 Å². The summed E-state index contributed by atoms with van der Waals surface area (Å²) in [6.07, 6.45) is 5.57. The van der Waals surface area contributed by atoms with Gasteiger partial charge in [0.15, 0.2) is 5.88 Å². The maximum Gasteiger partial charge on any atom is 0.241 e. The van der Waals surface area contributed by atoms with Crippen molar-refractivity contribution in [2.75, 3.05) is 0 Å². The molecule has 8 heteroatoms. The minimum atomic E-state index is -3.77. The largest absolute Gasteiger partial charge is 0.494 e. The third kappa shape index (κ3) is 3.26. The second kappa shape index (κ2) is 7.08. The number of aromatic amines is 1. The van der Waals surface area contributed by atoms with E-state index in [0.29, 0.717) is 28.6 Å². The molecule has 1 aliphatic heterocycles. The number of sulfonamides is 1. The molecule has 1 aliphatic rings. The minimum absolute atomic E-state index is 0.0557. The number of fused-ring (bicyclic) bond motifs is 2. The lowest BCUT2D eigenvalue weighted by Gasteiger charge is -2.14.